The first-order chi connectivity index (χ1) is 27.8. The Morgan fingerprint density at radius 2 is 1.55 bits per heavy atom. The van der Waals surface area contributed by atoms with Crippen LogP contribution in [-0.4, -0.2) is 83.7 Å². The van der Waals surface area contributed by atoms with Gasteiger partial charge in [0.05, 0.1) is 38.4 Å². The molecule has 8 bridgehead atoms. The van der Waals surface area contributed by atoms with Crippen LogP contribution >= 0.6 is 0 Å². The molecule has 306 valence electrons. The number of methoxy groups -OCH3 is 2. The molecule has 2 aliphatic heterocycles. The van der Waals surface area contributed by atoms with E-state index in [9.17, 15) is 24.6 Å². The Balaban J connectivity index is 1.67. The van der Waals surface area contributed by atoms with Gasteiger partial charge in [-0.1, -0.05) is 31.4 Å². The van der Waals surface area contributed by atoms with E-state index in [0.29, 0.717) is 35.0 Å². The second-order valence-electron chi connectivity index (χ2n) is 14.5. The molecular formula is C44H50N4O10. The molecule has 2 atom stereocenters. The molecule has 58 heavy (non-hydrogen) atoms. The van der Waals surface area contributed by atoms with E-state index in [2.05, 4.69) is 33.4 Å². The number of ether oxygens (including phenoxy) is 3. The van der Waals surface area contributed by atoms with Crippen LogP contribution in [0.2, 0.25) is 0 Å². The van der Waals surface area contributed by atoms with Crippen LogP contribution in [0.1, 0.15) is 69.5 Å². The van der Waals surface area contributed by atoms with Crippen LogP contribution in [0, 0.1) is 32.1 Å². The number of carbonyl (C=O) groups excluding carboxylic acids is 3. The Bertz CT molecular complexity index is 2430. The minimum absolute atomic E-state index is 0.0405. The number of fused-ring (bicyclic) bond motifs is 11. The molecule has 1 fully saturated rings. The fourth-order valence-corrected chi connectivity index (χ4v) is 8.05. The van der Waals surface area contributed by atoms with Gasteiger partial charge in [-0.25, -0.2) is 4.79 Å². The minimum atomic E-state index is -1.13. The summed E-state index contributed by atoms with van der Waals surface area (Å²) in [6, 6.07) is 0. The molecular weight excluding hydrogens is 745 g/mol. The maximum Gasteiger partial charge on any atom is 0.334 e. The van der Waals surface area contributed by atoms with Crippen molar-refractivity contribution < 1.29 is 48.6 Å². The Morgan fingerprint density at radius 1 is 0.845 bits per heavy atom. The first-order valence-corrected chi connectivity index (χ1v) is 18.9. The molecule has 3 aliphatic rings. The molecule has 0 saturated carbocycles. The molecule has 0 amide bonds. The lowest BCUT2D eigenvalue weighted by Crippen LogP contribution is -2.40. The number of aromatic amines is 3. The summed E-state index contributed by atoms with van der Waals surface area (Å²) in [6.45, 7) is 15.4. The Kier molecular flexibility index (Phi) is 12.3. The molecule has 0 aromatic carbocycles. The van der Waals surface area contributed by atoms with Gasteiger partial charge in [0, 0.05) is 63.3 Å². The van der Waals surface area contributed by atoms with Crippen LogP contribution in [0.3, 0.4) is 0 Å². The van der Waals surface area contributed by atoms with Gasteiger partial charge in [0.1, 0.15) is 24.9 Å². The molecule has 1 saturated heterocycles. The van der Waals surface area contributed by atoms with Gasteiger partial charge in [0.25, 0.3) is 0 Å². The molecule has 0 spiro atoms. The van der Waals surface area contributed by atoms with Crippen LogP contribution in [0.4, 0.5) is 0 Å². The molecule has 3 aromatic rings. The number of aliphatic hydroxyl groups is 2. The topological polar surface area (TPSA) is 197 Å². The second kappa shape index (κ2) is 17.2. The van der Waals surface area contributed by atoms with E-state index in [1.807, 2.05) is 58.1 Å². The van der Waals surface area contributed by atoms with Crippen molar-refractivity contribution in [2.24, 2.45) is 11.3 Å². The number of allylic oxidation sites excluding steroid dienone is 5. The minimum Gasteiger partial charge on any atom is -0.469 e. The van der Waals surface area contributed by atoms with Crippen molar-refractivity contribution in [3.63, 3.8) is 0 Å². The molecule has 0 radical (unpaired) electrons. The molecule has 5 heterocycles. The number of hydrogen-bond acceptors (Lipinski definition) is 11. The van der Waals surface area contributed by atoms with E-state index in [1.165, 1.54) is 14.2 Å². The number of esters is 3. The van der Waals surface area contributed by atoms with Gasteiger partial charge in [-0.05, 0) is 91.8 Å². The van der Waals surface area contributed by atoms with E-state index in [1.54, 1.807) is 12.2 Å². The zero-order valence-electron chi connectivity index (χ0n) is 33.6. The molecule has 6 rings (SSSR count). The predicted molar refractivity (Wildman–Crippen MR) is 217 cm³/mol. The lowest BCUT2D eigenvalue weighted by Gasteiger charge is -2.36. The average molecular weight is 795 g/mol. The lowest BCUT2D eigenvalue weighted by atomic mass is 9.64. The van der Waals surface area contributed by atoms with Crippen molar-refractivity contribution >= 4 is 48.3 Å². The Morgan fingerprint density at radius 3 is 2.24 bits per heavy atom. The Labute approximate surface area is 335 Å². The zero-order valence-corrected chi connectivity index (χ0v) is 33.6. The standard InChI is InChI=1S/C44H50N4O10/c1-9-27-24(3)33-20-38-31-12-10-29(42(52)54-7)41(43(53)55-8)44(31,6)39(48-38)22-34-26(5)30(18-23(2)58-57-17-15-50)37(47-34)21-36-28(11-13-40(51)56-16-14-49)25(4)32(46-36)19-35(27)45-33/h9-10,12,19-22,41,45-50H,1-2,11,13-18H2,3-8H3/t41-,44+/m0/s1. The fourth-order valence-electron chi connectivity index (χ4n) is 8.05. The lowest BCUT2D eigenvalue weighted by molar-refractivity contribution is -0.266. The van der Waals surface area contributed by atoms with Crippen molar-refractivity contribution in [1.29, 1.82) is 0 Å². The summed E-state index contributed by atoms with van der Waals surface area (Å²) in [5.74, 6) is -2.46. The summed E-state index contributed by atoms with van der Waals surface area (Å²) >= 11 is 0. The van der Waals surface area contributed by atoms with Crippen LogP contribution in [-0.2, 0) is 51.2 Å². The number of aliphatic hydroxyl groups excluding tert-OH is 2. The Hall–Kier alpha value is -6.09. The van der Waals surface area contributed by atoms with Gasteiger partial charge >= 0.3 is 17.9 Å². The first-order valence-electron chi connectivity index (χ1n) is 18.9. The van der Waals surface area contributed by atoms with Crippen LogP contribution in [0.5, 0.6) is 0 Å². The van der Waals surface area contributed by atoms with E-state index in [-0.39, 0.29) is 44.8 Å². The number of H-pyrrole nitrogens is 3. The van der Waals surface area contributed by atoms with Gasteiger partial charge in [0.2, 0.25) is 0 Å². The molecule has 14 heteroatoms. The van der Waals surface area contributed by atoms with Gasteiger partial charge < -0.3 is 49.6 Å². The van der Waals surface area contributed by atoms with Crippen molar-refractivity contribution in [1.82, 2.24) is 20.3 Å². The van der Waals surface area contributed by atoms with Crippen molar-refractivity contribution in [3.8, 4) is 0 Å². The van der Waals surface area contributed by atoms with Gasteiger partial charge in [0.15, 0.2) is 0 Å². The van der Waals surface area contributed by atoms with Gasteiger partial charge in [-0.2, -0.15) is 4.89 Å². The normalized spacial score (nSPS) is 17.9. The predicted octanol–water partition coefficient (Wildman–Crippen LogP) is 3.50. The van der Waals surface area contributed by atoms with Crippen LogP contribution < -0.4 is 16.0 Å². The van der Waals surface area contributed by atoms with Crippen molar-refractivity contribution in [2.45, 2.75) is 47.0 Å². The highest BCUT2D eigenvalue weighted by molar-refractivity contribution is 5.98. The summed E-state index contributed by atoms with van der Waals surface area (Å²) in [5, 5.41) is 23.6. The third-order valence-corrected chi connectivity index (χ3v) is 11.1. The van der Waals surface area contributed by atoms with Crippen molar-refractivity contribution in [2.75, 3.05) is 40.6 Å². The molecule has 0 unspecified atom stereocenters. The quantitative estimate of drug-likeness (QED) is 0.0349. The number of hydrogen-bond donors (Lipinski definition) is 6. The summed E-state index contributed by atoms with van der Waals surface area (Å²) in [5.41, 5.74) is 9.36. The highest BCUT2D eigenvalue weighted by atomic mass is 17.2. The van der Waals surface area contributed by atoms with E-state index in [4.69, 9.17) is 24.0 Å². The molecule has 14 nitrogen and oxygen atoms in total. The van der Waals surface area contributed by atoms with Crippen molar-refractivity contribution in [3.05, 3.63) is 120 Å². The fraction of sp³-hybridized carbons (Fsp3) is 0.341. The smallest absolute Gasteiger partial charge is 0.334 e. The zero-order chi connectivity index (χ0) is 41.9. The van der Waals surface area contributed by atoms with E-state index in [0.717, 1.165) is 61.0 Å². The maximum atomic E-state index is 13.8. The van der Waals surface area contributed by atoms with E-state index >= 15 is 0 Å². The molecule has 6 N–H and O–H groups in total. The summed E-state index contributed by atoms with van der Waals surface area (Å²) in [7, 11) is 2.57. The monoisotopic (exact) mass is 794 g/mol. The number of carbonyl (C=O) groups is 3. The van der Waals surface area contributed by atoms with Crippen LogP contribution in [0.25, 0.3) is 30.4 Å². The largest absolute Gasteiger partial charge is 0.469 e. The third-order valence-electron chi connectivity index (χ3n) is 11.1. The maximum absolute atomic E-state index is 13.8. The second-order valence-corrected chi connectivity index (χ2v) is 14.5. The molecule has 3 aromatic heterocycles. The summed E-state index contributed by atoms with van der Waals surface area (Å²) in [6.07, 6.45) is 13.8. The number of nitrogens with one attached hydrogen (secondary N) is 4. The third kappa shape index (κ3) is 7.65. The number of rotatable bonds is 14. The first kappa shape index (κ1) is 41.5. The van der Waals surface area contributed by atoms with Gasteiger partial charge in [-0.3, -0.25) is 9.59 Å². The molecule has 1 aliphatic carbocycles. The SMILES string of the molecule is C=Cc1c2[nH]c(c1C)C=C1NC(=Cc3[nH]c(c(CC(=C)OOCCO)c3C)C=c3[nH]c(c(C)c3CCC(=O)OCCO)=C2)[C@@]2(C)C1=CC=C(C(=O)OC)[C@H]2C(=O)OC. The van der Waals surface area contributed by atoms with Crippen LogP contribution in [0.15, 0.2) is 53.6 Å². The highest BCUT2D eigenvalue weighted by Crippen LogP contribution is 2.55. The highest BCUT2D eigenvalue weighted by Gasteiger charge is 2.55. The summed E-state index contributed by atoms with van der Waals surface area (Å²) in [4.78, 5) is 61.0. The van der Waals surface area contributed by atoms with E-state index < -0.39 is 29.2 Å². The van der Waals surface area contributed by atoms with Gasteiger partial charge in [-0.15, -0.1) is 0 Å². The summed E-state index contributed by atoms with van der Waals surface area (Å²) < 4.78 is 15.7. The average Bonchev–Trinajstić information content (AvgIpc) is 3.86. The number of aromatic nitrogens is 3.